The van der Waals surface area contributed by atoms with Crippen LogP contribution in [-0.4, -0.2) is 18.1 Å². The van der Waals surface area contributed by atoms with Crippen LogP contribution in [0.3, 0.4) is 0 Å². The van der Waals surface area contributed by atoms with E-state index in [9.17, 15) is 4.79 Å². The first-order chi connectivity index (χ1) is 10.5. The molecule has 2 N–H and O–H groups in total. The lowest BCUT2D eigenvalue weighted by Crippen LogP contribution is -2.34. The van der Waals surface area contributed by atoms with Gasteiger partial charge in [0.2, 0.25) is 0 Å². The summed E-state index contributed by atoms with van der Waals surface area (Å²) in [5.74, 6) is 0.348. The molecule has 0 aromatic heterocycles. The Hall–Kier alpha value is -2.40. The molecule has 2 aromatic rings. The van der Waals surface area contributed by atoms with Gasteiger partial charge in [0.25, 0.3) is 5.91 Å². The van der Waals surface area contributed by atoms with E-state index in [1.165, 1.54) is 5.56 Å². The van der Waals surface area contributed by atoms with Crippen molar-refractivity contribution in [2.75, 3.05) is 12.4 Å². The Kier molecular flexibility index (Phi) is 5.12. The topological polar surface area (TPSA) is 50.4 Å². The Balaban J connectivity index is 2.01. The summed E-state index contributed by atoms with van der Waals surface area (Å²) < 4.78 is 5.10. The van der Waals surface area contributed by atoms with E-state index in [0.717, 1.165) is 11.3 Å². The first kappa shape index (κ1) is 16.0. The second-order valence-electron chi connectivity index (χ2n) is 4.94. The van der Waals surface area contributed by atoms with Gasteiger partial charge in [-0.05, 0) is 67.5 Å². The predicted molar refractivity (Wildman–Crippen MR) is 92.6 cm³/mol. The van der Waals surface area contributed by atoms with E-state index < -0.39 is 0 Å². The van der Waals surface area contributed by atoms with Crippen molar-refractivity contribution in [1.82, 2.24) is 5.32 Å². The number of methoxy groups -OCH3 is 1. The van der Waals surface area contributed by atoms with Gasteiger partial charge in [-0.15, -0.1) is 0 Å². The van der Waals surface area contributed by atoms with Gasteiger partial charge in [-0.3, -0.25) is 10.1 Å². The Labute approximate surface area is 135 Å². The third-order valence-electron chi connectivity index (χ3n) is 3.32. The normalized spacial score (nSPS) is 9.95. The van der Waals surface area contributed by atoms with Crippen molar-refractivity contribution in [2.45, 2.75) is 13.8 Å². The SMILES string of the molecule is COc1cccc(C(=O)NC(=S)Nc2ccc(C)c(C)c2)c1. The number of nitrogens with one attached hydrogen (secondary N) is 2. The maximum Gasteiger partial charge on any atom is 0.257 e. The molecule has 0 saturated heterocycles. The van der Waals surface area contributed by atoms with Gasteiger partial charge in [0, 0.05) is 11.3 Å². The highest BCUT2D eigenvalue weighted by Gasteiger charge is 2.09. The highest BCUT2D eigenvalue weighted by atomic mass is 32.1. The average molecular weight is 314 g/mol. The van der Waals surface area contributed by atoms with Crippen LogP contribution >= 0.6 is 12.2 Å². The number of hydrogen-bond acceptors (Lipinski definition) is 3. The molecule has 0 aliphatic carbocycles. The van der Waals surface area contributed by atoms with Crippen molar-refractivity contribution in [3.05, 3.63) is 59.2 Å². The van der Waals surface area contributed by atoms with Crippen LogP contribution in [0.4, 0.5) is 5.69 Å². The van der Waals surface area contributed by atoms with Gasteiger partial charge in [-0.25, -0.2) is 0 Å². The van der Waals surface area contributed by atoms with Crippen LogP contribution in [0, 0.1) is 13.8 Å². The number of hydrogen-bond donors (Lipinski definition) is 2. The molecule has 0 saturated carbocycles. The second-order valence-corrected chi connectivity index (χ2v) is 5.35. The second kappa shape index (κ2) is 7.04. The molecule has 0 aliphatic heterocycles. The highest BCUT2D eigenvalue weighted by molar-refractivity contribution is 7.80. The smallest absolute Gasteiger partial charge is 0.257 e. The Bertz CT molecular complexity index is 714. The fraction of sp³-hybridized carbons (Fsp3) is 0.176. The number of carbonyl (C=O) groups is 1. The molecule has 0 aliphatic rings. The number of amides is 1. The number of carbonyl (C=O) groups excluding carboxylic acids is 1. The predicted octanol–water partition coefficient (Wildman–Crippen LogP) is 3.44. The highest BCUT2D eigenvalue weighted by Crippen LogP contribution is 2.15. The van der Waals surface area contributed by atoms with E-state index in [4.69, 9.17) is 17.0 Å². The van der Waals surface area contributed by atoms with Gasteiger partial charge >= 0.3 is 0 Å². The zero-order chi connectivity index (χ0) is 16.1. The fourth-order valence-corrected chi connectivity index (χ4v) is 2.13. The minimum Gasteiger partial charge on any atom is -0.497 e. The molecule has 0 fully saturated rings. The molecule has 0 bridgehead atoms. The Morgan fingerprint density at radius 3 is 2.55 bits per heavy atom. The van der Waals surface area contributed by atoms with E-state index in [-0.39, 0.29) is 11.0 Å². The van der Waals surface area contributed by atoms with Crippen LogP contribution in [0.1, 0.15) is 21.5 Å². The molecule has 114 valence electrons. The number of rotatable bonds is 3. The maximum absolute atomic E-state index is 12.1. The van der Waals surface area contributed by atoms with Gasteiger partial charge in [-0.2, -0.15) is 0 Å². The van der Waals surface area contributed by atoms with E-state index in [1.807, 2.05) is 32.0 Å². The molecule has 0 unspecified atom stereocenters. The summed E-state index contributed by atoms with van der Waals surface area (Å²) >= 11 is 5.18. The van der Waals surface area contributed by atoms with Gasteiger partial charge in [0.05, 0.1) is 7.11 Å². The Morgan fingerprint density at radius 1 is 1.09 bits per heavy atom. The summed E-state index contributed by atoms with van der Waals surface area (Å²) in [5.41, 5.74) is 3.70. The lowest BCUT2D eigenvalue weighted by molar-refractivity contribution is 0.0977. The minimum absolute atomic E-state index is 0.260. The van der Waals surface area contributed by atoms with Gasteiger partial charge in [0.15, 0.2) is 5.11 Å². The molecule has 2 rings (SSSR count). The van der Waals surface area contributed by atoms with Crippen molar-refractivity contribution >= 4 is 28.9 Å². The standard InChI is InChI=1S/C17H18N2O2S/c1-11-7-8-14(9-12(11)2)18-17(22)19-16(20)13-5-4-6-15(10-13)21-3/h4-10H,1-3H3,(H2,18,19,20,22). The largest absolute Gasteiger partial charge is 0.497 e. The molecular weight excluding hydrogens is 296 g/mol. The lowest BCUT2D eigenvalue weighted by atomic mass is 10.1. The van der Waals surface area contributed by atoms with Crippen LogP contribution in [-0.2, 0) is 0 Å². The monoisotopic (exact) mass is 314 g/mol. The number of benzene rings is 2. The summed E-state index contributed by atoms with van der Waals surface area (Å²) in [6.07, 6.45) is 0. The quantitative estimate of drug-likeness (QED) is 0.852. The van der Waals surface area contributed by atoms with E-state index >= 15 is 0 Å². The number of ether oxygens (including phenoxy) is 1. The first-order valence-electron chi connectivity index (χ1n) is 6.83. The van der Waals surface area contributed by atoms with Crippen LogP contribution in [0.2, 0.25) is 0 Å². The van der Waals surface area contributed by atoms with Gasteiger partial charge in [-0.1, -0.05) is 12.1 Å². The van der Waals surface area contributed by atoms with Crippen LogP contribution in [0.15, 0.2) is 42.5 Å². The fourth-order valence-electron chi connectivity index (χ4n) is 1.92. The summed E-state index contributed by atoms with van der Waals surface area (Å²) in [7, 11) is 1.56. The third kappa shape index (κ3) is 4.05. The van der Waals surface area contributed by atoms with E-state index in [0.29, 0.717) is 11.3 Å². The molecule has 0 radical (unpaired) electrons. The molecule has 0 heterocycles. The zero-order valence-electron chi connectivity index (χ0n) is 12.8. The number of thiocarbonyl (C=S) groups is 1. The summed E-state index contributed by atoms with van der Waals surface area (Å²) in [6, 6.07) is 12.8. The average Bonchev–Trinajstić information content (AvgIpc) is 2.51. The van der Waals surface area contributed by atoms with Crippen LogP contribution in [0.5, 0.6) is 5.75 Å². The van der Waals surface area contributed by atoms with Crippen LogP contribution < -0.4 is 15.4 Å². The third-order valence-corrected chi connectivity index (χ3v) is 3.53. The number of anilines is 1. The molecule has 1 amide bonds. The maximum atomic E-state index is 12.1. The van der Waals surface area contributed by atoms with Gasteiger partial charge < -0.3 is 10.1 Å². The zero-order valence-corrected chi connectivity index (χ0v) is 13.6. The molecule has 0 atom stereocenters. The lowest BCUT2D eigenvalue weighted by Gasteiger charge is -2.11. The van der Waals surface area contributed by atoms with Crippen molar-refractivity contribution in [3.8, 4) is 5.75 Å². The van der Waals surface area contributed by atoms with Crippen molar-refractivity contribution in [3.63, 3.8) is 0 Å². The molecule has 22 heavy (non-hydrogen) atoms. The van der Waals surface area contributed by atoms with Crippen LogP contribution in [0.25, 0.3) is 0 Å². The molecule has 5 heteroatoms. The molecule has 4 nitrogen and oxygen atoms in total. The first-order valence-corrected chi connectivity index (χ1v) is 7.24. The number of aryl methyl sites for hydroxylation is 2. The molecule has 2 aromatic carbocycles. The van der Waals surface area contributed by atoms with Gasteiger partial charge in [0.1, 0.15) is 5.75 Å². The molecular formula is C17H18N2O2S. The van der Waals surface area contributed by atoms with Crippen molar-refractivity contribution < 1.29 is 9.53 Å². The summed E-state index contributed by atoms with van der Waals surface area (Å²) in [5, 5.41) is 5.92. The molecule has 0 spiro atoms. The van der Waals surface area contributed by atoms with Crippen molar-refractivity contribution in [1.29, 1.82) is 0 Å². The van der Waals surface area contributed by atoms with Crippen molar-refractivity contribution in [2.24, 2.45) is 0 Å². The summed E-state index contributed by atoms with van der Waals surface area (Å²) in [4.78, 5) is 12.1. The minimum atomic E-state index is -0.278. The summed E-state index contributed by atoms with van der Waals surface area (Å²) in [6.45, 7) is 4.07. The van der Waals surface area contributed by atoms with E-state index in [2.05, 4.69) is 10.6 Å². The van der Waals surface area contributed by atoms with E-state index in [1.54, 1.807) is 31.4 Å². The Morgan fingerprint density at radius 2 is 1.86 bits per heavy atom.